The van der Waals surface area contributed by atoms with Crippen molar-refractivity contribution in [2.45, 2.75) is 52.1 Å². The van der Waals surface area contributed by atoms with Gasteiger partial charge in [0.25, 0.3) is 0 Å². The Morgan fingerprint density at radius 1 is 1.47 bits per heavy atom. The van der Waals surface area contributed by atoms with E-state index in [-0.39, 0.29) is 10.8 Å². The number of hydrogen-bond acceptors (Lipinski definition) is 3. The quantitative estimate of drug-likeness (QED) is 0.875. The third kappa shape index (κ3) is 1.33. The molecule has 3 rings (SSSR count). The van der Waals surface area contributed by atoms with Gasteiger partial charge in [0.1, 0.15) is 0 Å². The van der Waals surface area contributed by atoms with Crippen LogP contribution in [-0.2, 0) is 6.42 Å². The largest absolute Gasteiger partial charge is 0.388 e. The van der Waals surface area contributed by atoms with E-state index in [1.807, 2.05) is 11.6 Å². The third-order valence-electron chi connectivity index (χ3n) is 5.72. The fourth-order valence-corrected chi connectivity index (χ4v) is 5.04. The first-order chi connectivity index (χ1) is 7.89. The highest BCUT2D eigenvalue weighted by atomic mass is 32.1. The average molecular weight is 251 g/mol. The highest BCUT2D eigenvalue weighted by molar-refractivity contribution is 7.09. The van der Waals surface area contributed by atoms with E-state index in [4.69, 9.17) is 0 Å². The average Bonchev–Trinajstić information content (AvgIpc) is 2.89. The molecule has 0 aromatic carbocycles. The summed E-state index contributed by atoms with van der Waals surface area (Å²) in [5, 5.41) is 14.4. The fourth-order valence-electron chi connectivity index (χ4n) is 4.35. The Hall–Kier alpha value is -0.410. The van der Waals surface area contributed by atoms with E-state index in [0.29, 0.717) is 5.92 Å². The van der Waals surface area contributed by atoms with E-state index >= 15 is 0 Å². The normalized spacial score (nSPS) is 43.2. The minimum Gasteiger partial charge on any atom is -0.388 e. The van der Waals surface area contributed by atoms with Crippen LogP contribution in [0.1, 0.15) is 45.0 Å². The van der Waals surface area contributed by atoms with Gasteiger partial charge in [0.15, 0.2) is 0 Å². The van der Waals surface area contributed by atoms with E-state index < -0.39 is 5.60 Å². The molecule has 0 aliphatic heterocycles. The van der Waals surface area contributed by atoms with Crippen LogP contribution in [0.2, 0.25) is 0 Å². The highest BCUT2D eigenvalue weighted by Crippen LogP contribution is 2.68. The Morgan fingerprint density at radius 2 is 2.24 bits per heavy atom. The zero-order valence-electron chi connectivity index (χ0n) is 10.9. The van der Waals surface area contributed by atoms with Crippen molar-refractivity contribution in [1.82, 2.24) is 4.98 Å². The molecule has 0 spiro atoms. The maximum atomic E-state index is 11.3. The first-order valence-corrected chi connectivity index (χ1v) is 7.38. The molecule has 1 N–H and O–H groups in total. The number of rotatable bonds is 2. The SMILES string of the molecule is CC12CCC(C1)C(C)(C)C2(O)Cc1nccs1. The molecule has 2 aliphatic rings. The fraction of sp³-hybridized carbons (Fsp3) is 0.786. The molecular weight excluding hydrogens is 230 g/mol. The summed E-state index contributed by atoms with van der Waals surface area (Å²) in [5.41, 5.74) is -0.473. The lowest BCUT2D eigenvalue weighted by Crippen LogP contribution is -2.55. The number of aromatic nitrogens is 1. The number of hydrogen-bond donors (Lipinski definition) is 1. The van der Waals surface area contributed by atoms with E-state index in [0.717, 1.165) is 11.4 Å². The van der Waals surface area contributed by atoms with Crippen LogP contribution in [0.4, 0.5) is 0 Å². The molecule has 1 aromatic rings. The van der Waals surface area contributed by atoms with Gasteiger partial charge in [-0.2, -0.15) is 0 Å². The van der Waals surface area contributed by atoms with Gasteiger partial charge in [0.2, 0.25) is 0 Å². The first-order valence-electron chi connectivity index (χ1n) is 6.50. The summed E-state index contributed by atoms with van der Waals surface area (Å²) >= 11 is 1.66. The zero-order chi connectivity index (χ0) is 12.3. The van der Waals surface area contributed by atoms with Crippen molar-refractivity contribution in [3.63, 3.8) is 0 Å². The number of aliphatic hydroxyl groups is 1. The van der Waals surface area contributed by atoms with Gasteiger partial charge in [-0.15, -0.1) is 11.3 Å². The molecule has 2 fully saturated rings. The van der Waals surface area contributed by atoms with Gasteiger partial charge in [0.05, 0.1) is 10.6 Å². The molecular formula is C14H21NOS. The molecule has 17 heavy (non-hydrogen) atoms. The molecule has 3 unspecified atom stereocenters. The van der Waals surface area contributed by atoms with Crippen molar-refractivity contribution >= 4 is 11.3 Å². The molecule has 94 valence electrons. The molecule has 0 amide bonds. The van der Waals surface area contributed by atoms with Gasteiger partial charge < -0.3 is 5.11 Å². The molecule has 2 aliphatic carbocycles. The Labute approximate surface area is 107 Å². The van der Waals surface area contributed by atoms with Crippen LogP contribution in [0.15, 0.2) is 11.6 Å². The summed E-state index contributed by atoms with van der Waals surface area (Å²) in [6.45, 7) is 6.76. The second-order valence-electron chi connectivity index (χ2n) is 6.68. The minimum atomic E-state index is -0.583. The van der Waals surface area contributed by atoms with Gasteiger partial charge in [-0.25, -0.2) is 4.98 Å². The van der Waals surface area contributed by atoms with Gasteiger partial charge in [-0.1, -0.05) is 20.8 Å². The lowest BCUT2D eigenvalue weighted by atomic mass is 9.59. The molecule has 1 heterocycles. The Morgan fingerprint density at radius 3 is 2.76 bits per heavy atom. The van der Waals surface area contributed by atoms with Crippen LogP contribution in [-0.4, -0.2) is 15.7 Å². The highest BCUT2D eigenvalue weighted by Gasteiger charge is 2.68. The maximum Gasteiger partial charge on any atom is 0.0953 e. The Balaban J connectivity index is 1.99. The van der Waals surface area contributed by atoms with E-state index in [1.54, 1.807) is 11.3 Å². The van der Waals surface area contributed by atoms with Gasteiger partial charge >= 0.3 is 0 Å². The van der Waals surface area contributed by atoms with E-state index in [1.165, 1.54) is 19.3 Å². The number of thiazole rings is 1. The Kier molecular flexibility index (Phi) is 2.28. The summed E-state index contributed by atoms with van der Waals surface area (Å²) in [4.78, 5) is 4.36. The van der Waals surface area contributed by atoms with Crippen LogP contribution in [0.25, 0.3) is 0 Å². The van der Waals surface area contributed by atoms with Crippen LogP contribution < -0.4 is 0 Å². The Bertz CT molecular complexity index is 421. The number of nitrogens with zero attached hydrogens (tertiary/aromatic N) is 1. The summed E-state index contributed by atoms with van der Waals surface area (Å²) < 4.78 is 0. The van der Waals surface area contributed by atoms with Crippen LogP contribution in [0.3, 0.4) is 0 Å². The number of fused-ring (bicyclic) bond motifs is 2. The van der Waals surface area contributed by atoms with Crippen molar-refractivity contribution in [3.8, 4) is 0 Å². The van der Waals surface area contributed by atoms with Crippen LogP contribution >= 0.6 is 11.3 Å². The molecule has 2 saturated carbocycles. The topological polar surface area (TPSA) is 33.1 Å². The predicted octanol–water partition coefficient (Wildman–Crippen LogP) is 3.26. The van der Waals surface area contributed by atoms with Crippen LogP contribution in [0.5, 0.6) is 0 Å². The molecule has 0 saturated heterocycles. The second-order valence-corrected chi connectivity index (χ2v) is 7.66. The minimum absolute atomic E-state index is 0.0195. The van der Waals surface area contributed by atoms with Gasteiger partial charge in [0, 0.05) is 18.0 Å². The van der Waals surface area contributed by atoms with Crippen LogP contribution in [0, 0.1) is 16.7 Å². The zero-order valence-corrected chi connectivity index (χ0v) is 11.7. The standard InChI is InChI=1S/C14H21NOS/c1-12(2)10-4-5-13(3,8-10)14(12,16)9-11-15-6-7-17-11/h6-7,10,16H,4-5,8-9H2,1-3H3. The smallest absolute Gasteiger partial charge is 0.0953 e. The lowest BCUT2D eigenvalue weighted by Gasteiger charge is -2.50. The van der Waals surface area contributed by atoms with Crippen molar-refractivity contribution in [2.24, 2.45) is 16.7 Å². The van der Waals surface area contributed by atoms with Crippen molar-refractivity contribution in [3.05, 3.63) is 16.6 Å². The van der Waals surface area contributed by atoms with Gasteiger partial charge in [-0.3, -0.25) is 0 Å². The van der Waals surface area contributed by atoms with Gasteiger partial charge in [-0.05, 0) is 36.0 Å². The van der Waals surface area contributed by atoms with Crippen molar-refractivity contribution in [1.29, 1.82) is 0 Å². The molecule has 1 aromatic heterocycles. The summed E-state index contributed by atoms with van der Waals surface area (Å²) in [7, 11) is 0. The monoisotopic (exact) mass is 251 g/mol. The third-order valence-corrected chi connectivity index (χ3v) is 6.50. The summed E-state index contributed by atoms with van der Waals surface area (Å²) in [5.74, 6) is 0.678. The second kappa shape index (κ2) is 3.33. The summed E-state index contributed by atoms with van der Waals surface area (Å²) in [6.07, 6.45) is 6.20. The molecule has 2 nitrogen and oxygen atoms in total. The molecule has 2 bridgehead atoms. The lowest BCUT2D eigenvalue weighted by molar-refractivity contribution is -0.141. The molecule has 3 heteroatoms. The van der Waals surface area contributed by atoms with Crippen molar-refractivity contribution < 1.29 is 5.11 Å². The first kappa shape index (κ1) is 11.7. The van der Waals surface area contributed by atoms with E-state index in [2.05, 4.69) is 25.8 Å². The molecule has 0 radical (unpaired) electrons. The summed E-state index contributed by atoms with van der Waals surface area (Å²) in [6, 6.07) is 0. The van der Waals surface area contributed by atoms with E-state index in [9.17, 15) is 5.11 Å². The predicted molar refractivity (Wildman–Crippen MR) is 70.0 cm³/mol. The van der Waals surface area contributed by atoms with Crippen molar-refractivity contribution in [2.75, 3.05) is 0 Å². The maximum absolute atomic E-state index is 11.3. The molecule has 3 atom stereocenters.